The Bertz CT molecular complexity index is 1480. The summed E-state index contributed by atoms with van der Waals surface area (Å²) >= 11 is 0. The molecule has 0 aromatic heterocycles. The van der Waals surface area contributed by atoms with Crippen LogP contribution < -0.4 is 20.1 Å². The number of nitrogens with one attached hydrogen (secondary N) is 2. The van der Waals surface area contributed by atoms with Gasteiger partial charge in [0.25, 0.3) is 5.91 Å². The predicted octanol–water partition coefficient (Wildman–Crippen LogP) is 3.70. The highest BCUT2D eigenvalue weighted by Crippen LogP contribution is 2.40. The Morgan fingerprint density at radius 3 is 2.35 bits per heavy atom. The summed E-state index contributed by atoms with van der Waals surface area (Å²) in [7, 11) is 3.12. The number of piperidine rings is 1. The van der Waals surface area contributed by atoms with Crippen molar-refractivity contribution in [3.8, 4) is 11.5 Å². The summed E-state index contributed by atoms with van der Waals surface area (Å²) < 4.78 is 16.9. The maximum atomic E-state index is 14.2. The normalized spacial score (nSPS) is 22.2. The number of amides is 4. The monoisotopic (exact) mass is 676 g/mol. The summed E-state index contributed by atoms with van der Waals surface area (Å²) in [5.74, 6) is -0.467. The molecule has 3 aliphatic heterocycles. The fourth-order valence-electron chi connectivity index (χ4n) is 7.51. The number of likely N-dealkylation sites (N-methyl/N-ethyl adjacent to an activating group) is 1. The van der Waals surface area contributed by atoms with Crippen molar-refractivity contribution in [1.29, 1.82) is 0 Å². The highest BCUT2D eigenvalue weighted by Gasteiger charge is 2.50. The van der Waals surface area contributed by atoms with E-state index in [0.717, 1.165) is 12.8 Å². The quantitative estimate of drug-likeness (QED) is 0.351. The fourth-order valence-corrected chi connectivity index (χ4v) is 7.51. The molecule has 266 valence electrons. The number of fused-ring (bicyclic) bond motifs is 1. The minimum absolute atomic E-state index is 0.0213. The smallest absolute Gasteiger partial charge is 0.254 e. The molecule has 11 heteroatoms. The Hall–Kier alpha value is -4.12. The van der Waals surface area contributed by atoms with Crippen LogP contribution in [0.3, 0.4) is 0 Å². The van der Waals surface area contributed by atoms with Gasteiger partial charge in [0.05, 0.1) is 24.5 Å². The van der Waals surface area contributed by atoms with Gasteiger partial charge >= 0.3 is 0 Å². The van der Waals surface area contributed by atoms with Crippen LogP contribution in [0, 0.1) is 23.2 Å². The van der Waals surface area contributed by atoms with Gasteiger partial charge in [0.15, 0.2) is 11.5 Å². The van der Waals surface area contributed by atoms with Crippen LogP contribution in [0.4, 0.5) is 0 Å². The van der Waals surface area contributed by atoms with E-state index in [1.54, 1.807) is 37.3 Å². The van der Waals surface area contributed by atoms with E-state index >= 15 is 0 Å². The van der Waals surface area contributed by atoms with Crippen LogP contribution in [0.2, 0.25) is 0 Å². The third kappa shape index (κ3) is 8.55. The van der Waals surface area contributed by atoms with E-state index in [1.807, 2.05) is 43.9 Å². The summed E-state index contributed by atoms with van der Waals surface area (Å²) in [6, 6.07) is 14.5. The standard InChI is InChI=1S/C38H52N4O7/c1-25(2)49-32-15-14-27(20-33(32)47-5)36(45)41-21-28-22-42(37(46)38(3)16-18-48-19-17-38)24-30(29(28)23-41)34(43)40-31(35(44)39-4)13-9-12-26-10-7-6-8-11-26/h6-8,10-11,14-15,20,25,28-31H,9,12-13,16-19,21-24H2,1-5H3,(H,39,44)(H,40,43)/t28?,29?,30?,31-/m0/s1. The van der Waals surface area contributed by atoms with Gasteiger partial charge in [0.1, 0.15) is 6.04 Å². The first kappa shape index (κ1) is 36.2. The van der Waals surface area contributed by atoms with Gasteiger partial charge in [-0.25, -0.2) is 0 Å². The zero-order valence-electron chi connectivity index (χ0n) is 29.5. The van der Waals surface area contributed by atoms with Crippen LogP contribution in [0.5, 0.6) is 11.5 Å². The van der Waals surface area contributed by atoms with E-state index in [2.05, 4.69) is 22.8 Å². The zero-order chi connectivity index (χ0) is 35.1. The first-order valence-corrected chi connectivity index (χ1v) is 17.6. The lowest BCUT2D eigenvalue weighted by Crippen LogP contribution is -2.58. The van der Waals surface area contributed by atoms with Crippen molar-refractivity contribution < 1.29 is 33.4 Å². The number of benzene rings is 2. The van der Waals surface area contributed by atoms with Gasteiger partial charge in [0, 0.05) is 52.0 Å². The van der Waals surface area contributed by atoms with Gasteiger partial charge in [0.2, 0.25) is 17.7 Å². The van der Waals surface area contributed by atoms with Crippen molar-refractivity contribution in [3.63, 3.8) is 0 Å². The molecule has 0 bridgehead atoms. The second-order valence-electron chi connectivity index (χ2n) is 14.2. The zero-order valence-corrected chi connectivity index (χ0v) is 29.5. The van der Waals surface area contributed by atoms with Crippen LogP contribution in [0.25, 0.3) is 0 Å². The molecule has 2 aromatic rings. The Morgan fingerprint density at radius 2 is 1.67 bits per heavy atom. The van der Waals surface area contributed by atoms with Gasteiger partial charge in [-0.05, 0) is 81.5 Å². The number of carbonyl (C=O) groups is 4. The molecule has 2 aromatic carbocycles. The fraction of sp³-hybridized carbons (Fsp3) is 0.579. The molecular formula is C38H52N4O7. The SMILES string of the molecule is CNC(=O)[C@H](CCCc1ccccc1)NC(=O)C1CN(C(=O)C2(C)CCOCC2)CC2CN(C(=O)c3ccc(OC(C)C)c(OC)c3)CC21. The van der Waals surface area contributed by atoms with Gasteiger partial charge in [-0.1, -0.05) is 37.3 Å². The van der Waals surface area contributed by atoms with Crippen molar-refractivity contribution in [2.24, 2.45) is 23.2 Å². The van der Waals surface area contributed by atoms with Crippen LogP contribution in [0.15, 0.2) is 48.5 Å². The number of aryl methyl sites for hydroxylation is 1. The highest BCUT2D eigenvalue weighted by molar-refractivity contribution is 5.95. The van der Waals surface area contributed by atoms with E-state index in [1.165, 1.54) is 5.56 Å². The van der Waals surface area contributed by atoms with Crippen LogP contribution >= 0.6 is 0 Å². The number of carbonyl (C=O) groups excluding carboxylic acids is 4. The first-order valence-electron chi connectivity index (χ1n) is 17.6. The molecule has 3 aliphatic rings. The van der Waals surface area contributed by atoms with Gasteiger partial charge in [-0.15, -0.1) is 0 Å². The first-order chi connectivity index (χ1) is 23.5. The summed E-state index contributed by atoms with van der Waals surface area (Å²) in [6.07, 6.45) is 3.17. The summed E-state index contributed by atoms with van der Waals surface area (Å²) in [6.45, 7) is 8.38. The second kappa shape index (κ2) is 16.1. The van der Waals surface area contributed by atoms with Crippen LogP contribution in [-0.2, 0) is 25.5 Å². The molecule has 3 saturated heterocycles. The Balaban J connectivity index is 1.35. The maximum Gasteiger partial charge on any atom is 0.254 e. The largest absolute Gasteiger partial charge is 0.493 e. The number of hydrogen-bond donors (Lipinski definition) is 2. The van der Waals surface area contributed by atoms with E-state index in [0.29, 0.717) is 69.2 Å². The lowest BCUT2D eigenvalue weighted by atomic mass is 9.76. The van der Waals surface area contributed by atoms with Crippen molar-refractivity contribution >= 4 is 23.6 Å². The lowest BCUT2D eigenvalue weighted by molar-refractivity contribution is -0.152. The molecule has 5 rings (SSSR count). The molecule has 4 amide bonds. The van der Waals surface area contributed by atoms with Gasteiger partial charge in [-0.2, -0.15) is 0 Å². The van der Waals surface area contributed by atoms with E-state index in [4.69, 9.17) is 14.2 Å². The minimum Gasteiger partial charge on any atom is -0.493 e. The van der Waals surface area contributed by atoms with Crippen molar-refractivity contribution in [3.05, 3.63) is 59.7 Å². The Morgan fingerprint density at radius 1 is 0.959 bits per heavy atom. The molecule has 0 radical (unpaired) electrons. The van der Waals surface area contributed by atoms with Gasteiger partial charge in [-0.3, -0.25) is 19.2 Å². The van der Waals surface area contributed by atoms with E-state index in [9.17, 15) is 19.2 Å². The third-order valence-electron chi connectivity index (χ3n) is 10.4. The molecule has 11 nitrogen and oxygen atoms in total. The van der Waals surface area contributed by atoms with E-state index < -0.39 is 17.4 Å². The number of likely N-dealkylation sites (tertiary alicyclic amines) is 2. The predicted molar refractivity (Wildman–Crippen MR) is 185 cm³/mol. The maximum absolute atomic E-state index is 14.2. The number of nitrogens with zero attached hydrogens (tertiary/aromatic N) is 2. The molecule has 49 heavy (non-hydrogen) atoms. The average molecular weight is 677 g/mol. The molecule has 0 aliphatic carbocycles. The minimum atomic E-state index is -0.711. The number of rotatable bonds is 12. The molecule has 2 N–H and O–H groups in total. The summed E-state index contributed by atoms with van der Waals surface area (Å²) in [5.41, 5.74) is 1.07. The van der Waals surface area contributed by atoms with Gasteiger partial charge < -0.3 is 34.6 Å². The molecule has 3 heterocycles. The Labute approximate surface area is 290 Å². The number of ether oxygens (including phenoxy) is 3. The van der Waals surface area contributed by atoms with Crippen LogP contribution in [0.1, 0.15) is 62.4 Å². The molecular weight excluding hydrogens is 624 g/mol. The highest BCUT2D eigenvalue weighted by atomic mass is 16.5. The second-order valence-corrected chi connectivity index (χ2v) is 14.2. The molecule has 3 fully saturated rings. The van der Waals surface area contributed by atoms with Crippen LogP contribution in [-0.4, -0.2) is 99.1 Å². The lowest BCUT2D eigenvalue weighted by Gasteiger charge is -2.44. The third-order valence-corrected chi connectivity index (χ3v) is 10.4. The molecule has 3 unspecified atom stereocenters. The molecule has 0 saturated carbocycles. The number of methoxy groups -OCH3 is 1. The number of hydrogen-bond acceptors (Lipinski definition) is 7. The summed E-state index contributed by atoms with van der Waals surface area (Å²) in [5, 5.41) is 5.76. The average Bonchev–Trinajstić information content (AvgIpc) is 3.55. The van der Waals surface area contributed by atoms with Crippen molar-refractivity contribution in [2.45, 2.75) is 65.0 Å². The van der Waals surface area contributed by atoms with Crippen molar-refractivity contribution in [1.82, 2.24) is 20.4 Å². The Kier molecular flexibility index (Phi) is 11.9. The molecule has 0 spiro atoms. The summed E-state index contributed by atoms with van der Waals surface area (Å²) in [4.78, 5) is 58.8. The van der Waals surface area contributed by atoms with Crippen molar-refractivity contribution in [2.75, 3.05) is 53.6 Å². The van der Waals surface area contributed by atoms with E-state index in [-0.39, 0.29) is 48.1 Å². The topological polar surface area (TPSA) is 127 Å². The molecule has 4 atom stereocenters.